The zero-order valence-electron chi connectivity index (χ0n) is 10.0. The van der Waals surface area contributed by atoms with Gasteiger partial charge < -0.3 is 15.4 Å². The first-order chi connectivity index (χ1) is 8.74. The molecule has 1 atom stereocenters. The first kappa shape index (κ1) is 13.0. The van der Waals surface area contributed by atoms with Gasteiger partial charge in [0.25, 0.3) is 0 Å². The summed E-state index contributed by atoms with van der Waals surface area (Å²) in [6.45, 7) is -0.887. The van der Waals surface area contributed by atoms with Crippen LogP contribution < -0.4 is 15.4 Å². The van der Waals surface area contributed by atoms with Crippen LogP contribution in [0.5, 0.6) is 5.75 Å². The van der Waals surface area contributed by atoms with Gasteiger partial charge >= 0.3 is 6.61 Å². The van der Waals surface area contributed by atoms with Crippen molar-refractivity contribution in [3.05, 3.63) is 18.3 Å². The van der Waals surface area contributed by atoms with Crippen LogP contribution >= 0.6 is 0 Å². The van der Waals surface area contributed by atoms with Crippen molar-refractivity contribution in [3.63, 3.8) is 0 Å². The molecular weight excluding hydrogens is 240 g/mol. The number of nitrogens with zero attached hydrogens (tertiary/aromatic N) is 1. The van der Waals surface area contributed by atoms with Crippen molar-refractivity contribution in [2.75, 3.05) is 18.4 Å². The van der Waals surface area contributed by atoms with Gasteiger partial charge in [-0.3, -0.25) is 0 Å². The van der Waals surface area contributed by atoms with Crippen LogP contribution in [0.2, 0.25) is 0 Å². The Hall–Kier alpha value is -1.43. The summed E-state index contributed by atoms with van der Waals surface area (Å²) >= 11 is 0. The lowest BCUT2D eigenvalue weighted by Crippen LogP contribution is -2.24. The number of nitrogens with one attached hydrogen (secondary N) is 2. The Morgan fingerprint density at radius 2 is 2.39 bits per heavy atom. The second-order valence-corrected chi connectivity index (χ2v) is 4.27. The Balaban J connectivity index is 1.72. The number of hydrogen-bond donors (Lipinski definition) is 2. The van der Waals surface area contributed by atoms with Crippen molar-refractivity contribution in [2.24, 2.45) is 0 Å². The van der Waals surface area contributed by atoms with Crippen LogP contribution in [-0.4, -0.2) is 30.7 Å². The maximum absolute atomic E-state index is 11.9. The zero-order chi connectivity index (χ0) is 12.8. The Morgan fingerprint density at radius 3 is 3.00 bits per heavy atom. The van der Waals surface area contributed by atoms with Gasteiger partial charge in [-0.1, -0.05) is 0 Å². The summed E-state index contributed by atoms with van der Waals surface area (Å²) in [5.74, 6) is 0.752. The summed E-state index contributed by atoms with van der Waals surface area (Å²) in [4.78, 5) is 4.01. The van der Waals surface area contributed by atoms with Crippen molar-refractivity contribution in [2.45, 2.75) is 31.9 Å². The molecule has 18 heavy (non-hydrogen) atoms. The molecule has 100 valence electrons. The summed E-state index contributed by atoms with van der Waals surface area (Å²) in [7, 11) is 0. The SMILES string of the molecule is FC(F)Oc1ccc(NCC[C@H]2CCCN2)nc1. The topological polar surface area (TPSA) is 46.2 Å². The van der Waals surface area contributed by atoms with Gasteiger partial charge in [-0.2, -0.15) is 8.78 Å². The number of pyridine rings is 1. The lowest BCUT2D eigenvalue weighted by Gasteiger charge is -2.11. The molecule has 1 aliphatic heterocycles. The van der Waals surface area contributed by atoms with Gasteiger partial charge in [0.05, 0.1) is 6.20 Å². The van der Waals surface area contributed by atoms with Crippen LogP contribution in [0.15, 0.2) is 18.3 Å². The fourth-order valence-corrected chi connectivity index (χ4v) is 2.04. The van der Waals surface area contributed by atoms with Crippen molar-refractivity contribution >= 4 is 5.82 Å². The first-order valence-corrected chi connectivity index (χ1v) is 6.12. The molecule has 0 aromatic carbocycles. The predicted molar refractivity (Wildman–Crippen MR) is 65.0 cm³/mol. The first-order valence-electron chi connectivity index (χ1n) is 6.12. The van der Waals surface area contributed by atoms with Crippen molar-refractivity contribution in [3.8, 4) is 5.75 Å². The fourth-order valence-electron chi connectivity index (χ4n) is 2.04. The van der Waals surface area contributed by atoms with Crippen LogP contribution in [0.25, 0.3) is 0 Å². The van der Waals surface area contributed by atoms with Gasteiger partial charge in [-0.05, 0) is 37.9 Å². The highest BCUT2D eigenvalue weighted by Gasteiger charge is 2.12. The van der Waals surface area contributed by atoms with E-state index >= 15 is 0 Å². The monoisotopic (exact) mass is 257 g/mol. The Kier molecular flexibility index (Phi) is 4.69. The molecule has 0 amide bonds. The molecule has 1 aromatic heterocycles. The van der Waals surface area contributed by atoms with Gasteiger partial charge in [-0.25, -0.2) is 4.98 Å². The number of ether oxygens (including phenoxy) is 1. The maximum atomic E-state index is 11.9. The van der Waals surface area contributed by atoms with Crippen molar-refractivity contribution < 1.29 is 13.5 Å². The number of anilines is 1. The number of aromatic nitrogens is 1. The number of rotatable bonds is 6. The van der Waals surface area contributed by atoms with Gasteiger partial charge in [-0.15, -0.1) is 0 Å². The molecule has 6 heteroatoms. The average Bonchev–Trinajstić information content (AvgIpc) is 2.84. The predicted octanol–water partition coefficient (Wildman–Crippen LogP) is 2.24. The molecular formula is C12H17F2N3O. The lowest BCUT2D eigenvalue weighted by molar-refractivity contribution is -0.0500. The molecule has 0 spiro atoms. The van der Waals surface area contributed by atoms with Crippen LogP contribution in [0.4, 0.5) is 14.6 Å². The van der Waals surface area contributed by atoms with E-state index in [1.165, 1.54) is 25.1 Å². The van der Waals surface area contributed by atoms with Crippen LogP contribution in [0.1, 0.15) is 19.3 Å². The summed E-state index contributed by atoms with van der Waals surface area (Å²) in [5, 5.41) is 6.57. The summed E-state index contributed by atoms with van der Waals surface area (Å²) in [5.41, 5.74) is 0. The smallest absolute Gasteiger partial charge is 0.387 e. The second kappa shape index (κ2) is 6.49. The van der Waals surface area contributed by atoms with Crippen LogP contribution in [0.3, 0.4) is 0 Å². The Bertz CT molecular complexity index is 353. The molecule has 0 radical (unpaired) electrons. The second-order valence-electron chi connectivity index (χ2n) is 4.27. The minimum atomic E-state index is -2.81. The minimum Gasteiger partial charge on any atom is -0.433 e. The van der Waals surface area contributed by atoms with E-state index in [4.69, 9.17) is 0 Å². The van der Waals surface area contributed by atoms with Gasteiger partial charge in [0.15, 0.2) is 0 Å². The molecule has 1 aliphatic rings. The molecule has 1 fully saturated rings. The molecule has 1 saturated heterocycles. The number of hydrogen-bond acceptors (Lipinski definition) is 4. The quantitative estimate of drug-likeness (QED) is 0.820. The van der Waals surface area contributed by atoms with Gasteiger partial charge in [0.2, 0.25) is 0 Å². The standard InChI is InChI=1S/C12H17F2N3O/c13-12(14)18-10-3-4-11(17-8-10)16-7-5-9-2-1-6-15-9/h3-4,8-9,12,15H,1-2,5-7H2,(H,16,17)/t9-/m1/s1. The van der Waals surface area contributed by atoms with Gasteiger partial charge in [0, 0.05) is 12.6 Å². The molecule has 0 aliphatic carbocycles. The van der Waals surface area contributed by atoms with E-state index in [9.17, 15) is 8.78 Å². The van der Waals surface area contributed by atoms with E-state index in [1.807, 2.05) is 0 Å². The Labute approximate surface area is 105 Å². The van der Waals surface area contributed by atoms with E-state index in [2.05, 4.69) is 20.4 Å². The number of halogens is 2. The van der Waals surface area contributed by atoms with Crippen molar-refractivity contribution in [1.29, 1.82) is 0 Å². The van der Waals surface area contributed by atoms with Crippen LogP contribution in [-0.2, 0) is 0 Å². The number of alkyl halides is 2. The minimum absolute atomic E-state index is 0.0769. The van der Waals surface area contributed by atoms with Crippen LogP contribution in [0, 0.1) is 0 Å². The lowest BCUT2D eigenvalue weighted by atomic mass is 10.1. The van der Waals surface area contributed by atoms with Gasteiger partial charge in [0.1, 0.15) is 11.6 Å². The highest BCUT2D eigenvalue weighted by atomic mass is 19.3. The molecule has 0 unspecified atom stereocenters. The highest BCUT2D eigenvalue weighted by Crippen LogP contribution is 2.15. The molecule has 2 heterocycles. The fraction of sp³-hybridized carbons (Fsp3) is 0.583. The third kappa shape index (κ3) is 4.10. The molecule has 0 saturated carbocycles. The van der Waals surface area contributed by atoms with E-state index < -0.39 is 6.61 Å². The highest BCUT2D eigenvalue weighted by molar-refractivity contribution is 5.37. The summed E-state index contributed by atoms with van der Waals surface area (Å²) < 4.78 is 28.1. The van der Waals surface area contributed by atoms with E-state index in [0.29, 0.717) is 11.9 Å². The van der Waals surface area contributed by atoms with E-state index in [1.54, 1.807) is 6.07 Å². The van der Waals surface area contributed by atoms with Crippen molar-refractivity contribution in [1.82, 2.24) is 10.3 Å². The van der Waals surface area contributed by atoms with E-state index in [0.717, 1.165) is 19.5 Å². The molecule has 2 N–H and O–H groups in total. The summed E-state index contributed by atoms with van der Waals surface area (Å²) in [6.07, 6.45) is 4.79. The Morgan fingerprint density at radius 1 is 1.50 bits per heavy atom. The largest absolute Gasteiger partial charge is 0.433 e. The third-order valence-electron chi connectivity index (χ3n) is 2.92. The maximum Gasteiger partial charge on any atom is 0.387 e. The van der Waals surface area contributed by atoms with E-state index in [-0.39, 0.29) is 5.75 Å². The average molecular weight is 257 g/mol. The zero-order valence-corrected chi connectivity index (χ0v) is 10.0. The summed E-state index contributed by atoms with van der Waals surface area (Å²) in [6, 6.07) is 3.70. The molecule has 2 rings (SSSR count). The normalized spacial score (nSPS) is 19.2. The molecule has 4 nitrogen and oxygen atoms in total. The third-order valence-corrected chi connectivity index (χ3v) is 2.92. The molecule has 1 aromatic rings. The molecule has 0 bridgehead atoms.